The molecule has 7 nitrogen and oxygen atoms in total. The molecule has 2 aromatic carbocycles. The number of rotatable bonds is 8. The van der Waals surface area contributed by atoms with E-state index in [9.17, 15) is 9.18 Å². The Balaban J connectivity index is 1.51. The third-order valence-electron chi connectivity index (χ3n) is 5.54. The van der Waals surface area contributed by atoms with Crippen molar-refractivity contribution in [1.29, 1.82) is 0 Å². The fourth-order valence-electron chi connectivity index (χ4n) is 3.79. The normalized spacial score (nSPS) is 22.8. The summed E-state index contributed by atoms with van der Waals surface area (Å²) in [7, 11) is 0. The molecule has 32 heavy (non-hydrogen) atoms. The molecule has 3 atom stereocenters. The molecule has 168 valence electrons. The summed E-state index contributed by atoms with van der Waals surface area (Å²) in [4.78, 5) is 15.9. The lowest BCUT2D eigenvalue weighted by Crippen LogP contribution is -2.42. The van der Waals surface area contributed by atoms with Crippen LogP contribution in [0.2, 0.25) is 0 Å². The van der Waals surface area contributed by atoms with E-state index in [4.69, 9.17) is 19.9 Å². The van der Waals surface area contributed by atoms with Crippen LogP contribution in [0.1, 0.15) is 30.7 Å². The second kappa shape index (κ2) is 9.60. The molecule has 1 fully saturated rings. The van der Waals surface area contributed by atoms with E-state index in [0.29, 0.717) is 19.6 Å². The van der Waals surface area contributed by atoms with E-state index >= 15 is 0 Å². The topological polar surface area (TPSA) is 88.6 Å². The zero-order chi connectivity index (χ0) is 22.6. The van der Waals surface area contributed by atoms with Crippen molar-refractivity contribution < 1.29 is 18.6 Å². The Bertz CT molecular complexity index is 1090. The van der Waals surface area contributed by atoms with Crippen molar-refractivity contribution in [2.24, 2.45) is 0 Å². The second-order valence-electron chi connectivity index (χ2n) is 8.05. The predicted octanol–water partition coefficient (Wildman–Crippen LogP) is 3.44. The number of ether oxygens (including phenoxy) is 3. The van der Waals surface area contributed by atoms with Crippen LogP contribution >= 0.6 is 0 Å². The Morgan fingerprint density at radius 3 is 2.41 bits per heavy atom. The van der Waals surface area contributed by atoms with E-state index in [1.54, 1.807) is 0 Å². The number of benzene rings is 2. The van der Waals surface area contributed by atoms with Crippen LogP contribution in [0, 0.1) is 5.82 Å². The summed E-state index contributed by atoms with van der Waals surface area (Å²) in [5.74, 6) is -1.21. The van der Waals surface area contributed by atoms with Crippen LogP contribution in [0.15, 0.2) is 71.7 Å². The van der Waals surface area contributed by atoms with Gasteiger partial charge in [-0.2, -0.15) is 4.98 Å². The van der Waals surface area contributed by atoms with Crippen LogP contribution < -0.4 is 11.4 Å². The molecule has 0 bridgehead atoms. The van der Waals surface area contributed by atoms with E-state index in [0.717, 1.165) is 21.9 Å². The van der Waals surface area contributed by atoms with Gasteiger partial charge in [0.25, 0.3) is 0 Å². The summed E-state index contributed by atoms with van der Waals surface area (Å²) in [6.07, 6.45) is 0.218. The predicted molar refractivity (Wildman–Crippen MR) is 117 cm³/mol. The number of hydrogen-bond donors (Lipinski definition) is 1. The molecule has 3 aromatic rings. The first-order valence-corrected chi connectivity index (χ1v) is 10.4. The van der Waals surface area contributed by atoms with Crippen LogP contribution in [0.3, 0.4) is 0 Å². The molecule has 2 heterocycles. The van der Waals surface area contributed by atoms with Crippen LogP contribution in [0.25, 0.3) is 0 Å². The van der Waals surface area contributed by atoms with Gasteiger partial charge in [-0.25, -0.2) is 9.18 Å². The Morgan fingerprint density at radius 2 is 1.75 bits per heavy atom. The molecule has 0 amide bonds. The van der Waals surface area contributed by atoms with Gasteiger partial charge in [0.1, 0.15) is 11.8 Å². The number of anilines is 1. The highest BCUT2D eigenvalue weighted by Crippen LogP contribution is 2.39. The van der Waals surface area contributed by atoms with Crippen LogP contribution in [0.4, 0.5) is 10.2 Å². The summed E-state index contributed by atoms with van der Waals surface area (Å²) in [5.41, 5.74) is 5.94. The van der Waals surface area contributed by atoms with Gasteiger partial charge in [-0.3, -0.25) is 4.57 Å². The number of hydrogen-bond acceptors (Lipinski definition) is 6. The molecule has 8 heteroatoms. The van der Waals surface area contributed by atoms with Gasteiger partial charge in [-0.1, -0.05) is 60.7 Å². The maximum atomic E-state index is 14.0. The van der Waals surface area contributed by atoms with Crippen molar-refractivity contribution in [3.8, 4) is 0 Å². The Morgan fingerprint density at radius 1 is 1.12 bits per heavy atom. The molecule has 1 saturated heterocycles. The zero-order valence-electron chi connectivity index (χ0n) is 17.8. The largest absolute Gasteiger partial charge is 0.381 e. The van der Waals surface area contributed by atoms with Gasteiger partial charge >= 0.3 is 5.69 Å². The molecule has 0 aliphatic carbocycles. The summed E-state index contributed by atoms with van der Waals surface area (Å²) >= 11 is 0. The molecule has 1 aliphatic rings. The summed E-state index contributed by atoms with van der Waals surface area (Å²) in [6, 6.07) is 19.6. The zero-order valence-corrected chi connectivity index (χ0v) is 17.8. The van der Waals surface area contributed by atoms with E-state index in [2.05, 4.69) is 4.98 Å². The van der Waals surface area contributed by atoms with Gasteiger partial charge in [-0.05, 0) is 18.1 Å². The first-order chi connectivity index (χ1) is 15.4. The van der Waals surface area contributed by atoms with E-state index in [1.807, 2.05) is 67.6 Å². The lowest BCUT2D eigenvalue weighted by Gasteiger charge is -2.30. The number of nitrogen functional groups attached to an aromatic ring is 1. The summed E-state index contributed by atoms with van der Waals surface area (Å²) in [6.45, 7) is 2.89. The fraction of sp³-hybridized carbons (Fsp3) is 0.333. The van der Waals surface area contributed by atoms with Crippen molar-refractivity contribution in [3.05, 3.63) is 94.3 Å². The fourth-order valence-corrected chi connectivity index (χ4v) is 3.79. The first-order valence-electron chi connectivity index (χ1n) is 10.4. The van der Waals surface area contributed by atoms with Gasteiger partial charge in [0.2, 0.25) is 0 Å². The van der Waals surface area contributed by atoms with Gasteiger partial charge in [0, 0.05) is 6.42 Å². The van der Waals surface area contributed by atoms with E-state index < -0.39 is 35.3 Å². The lowest BCUT2D eigenvalue weighted by atomic mass is 10.00. The highest BCUT2D eigenvalue weighted by Gasteiger charge is 2.47. The Labute approximate surface area is 185 Å². The number of nitrogens with two attached hydrogens (primary N) is 1. The summed E-state index contributed by atoms with van der Waals surface area (Å²) < 4.78 is 33.5. The first kappa shape index (κ1) is 22.1. The molecular formula is C24H26FN3O4. The maximum absolute atomic E-state index is 14.0. The molecule has 0 unspecified atom stereocenters. The van der Waals surface area contributed by atoms with Crippen molar-refractivity contribution in [2.45, 2.75) is 44.5 Å². The third-order valence-corrected chi connectivity index (χ3v) is 5.54. The van der Waals surface area contributed by atoms with Gasteiger partial charge in [0.05, 0.1) is 32.1 Å². The molecular weight excluding hydrogens is 413 g/mol. The Kier molecular flexibility index (Phi) is 6.64. The number of nitrogens with zero attached hydrogens (tertiary/aromatic N) is 2. The highest BCUT2D eigenvalue weighted by molar-refractivity contribution is 5.26. The molecule has 4 rings (SSSR count). The molecule has 1 aliphatic heterocycles. The molecule has 0 radical (unpaired) electrons. The second-order valence-corrected chi connectivity index (χ2v) is 8.05. The molecule has 0 spiro atoms. The minimum Gasteiger partial charge on any atom is -0.381 e. The number of aromatic nitrogens is 2. The average Bonchev–Trinajstić information content (AvgIpc) is 3.12. The monoisotopic (exact) mass is 439 g/mol. The van der Waals surface area contributed by atoms with Crippen LogP contribution in [-0.4, -0.2) is 27.9 Å². The quantitative estimate of drug-likeness (QED) is 0.578. The van der Waals surface area contributed by atoms with Crippen LogP contribution in [-0.2, 0) is 27.4 Å². The Hall–Kier alpha value is -3.07. The molecule has 2 N–H and O–H groups in total. The average molecular weight is 439 g/mol. The lowest BCUT2D eigenvalue weighted by molar-refractivity contribution is -0.146. The van der Waals surface area contributed by atoms with Crippen LogP contribution in [0.5, 0.6) is 0 Å². The van der Waals surface area contributed by atoms with Gasteiger partial charge in [-0.15, -0.1) is 0 Å². The summed E-state index contributed by atoms with van der Waals surface area (Å²) in [5, 5.41) is 0. The standard InChI is InChI=1S/C24H26FN3O4/c1-24(16-30-14-17-8-4-2-5-9-17)20(31-15-18-10-6-3-7-11-18)12-21(32-24)28-13-19(25)22(26)27-23(28)29/h2-11,13,20-21H,12,14-16H2,1H3,(H2,26,27,29)/t20-,21+,24+/m0/s1. The van der Waals surface area contributed by atoms with Crippen molar-refractivity contribution in [3.63, 3.8) is 0 Å². The minimum absolute atomic E-state index is 0.234. The van der Waals surface area contributed by atoms with E-state index in [1.165, 1.54) is 0 Å². The van der Waals surface area contributed by atoms with Crippen molar-refractivity contribution in [1.82, 2.24) is 9.55 Å². The number of halogens is 1. The van der Waals surface area contributed by atoms with Crippen molar-refractivity contribution in [2.75, 3.05) is 12.3 Å². The SMILES string of the molecule is C[C@]1(COCc2ccccc2)O[C@@H](n2cc(F)c(N)nc2=O)C[C@@H]1OCc1ccccc1. The minimum atomic E-state index is -0.856. The third kappa shape index (κ3) is 5.04. The van der Waals surface area contributed by atoms with E-state index in [-0.39, 0.29) is 6.61 Å². The van der Waals surface area contributed by atoms with Gasteiger partial charge in [0.15, 0.2) is 11.6 Å². The van der Waals surface area contributed by atoms with Crippen molar-refractivity contribution >= 4 is 5.82 Å². The smallest absolute Gasteiger partial charge is 0.351 e. The highest BCUT2D eigenvalue weighted by atomic mass is 19.1. The van der Waals surface area contributed by atoms with Gasteiger partial charge < -0.3 is 19.9 Å². The maximum Gasteiger partial charge on any atom is 0.351 e. The molecule has 1 aromatic heterocycles. The molecule has 0 saturated carbocycles.